The molecule has 18 heavy (non-hydrogen) atoms. The normalized spacial score (nSPS) is 12.9. The summed E-state index contributed by atoms with van der Waals surface area (Å²) in [6.45, 7) is 3.77. The molecule has 0 aliphatic heterocycles. The largest absolute Gasteiger partial charge is 0.323 e. The van der Waals surface area contributed by atoms with Gasteiger partial charge in [-0.05, 0) is 19.5 Å². The fourth-order valence-corrected chi connectivity index (χ4v) is 2.46. The molecule has 0 aliphatic carbocycles. The van der Waals surface area contributed by atoms with Gasteiger partial charge in [0.2, 0.25) is 0 Å². The maximum Gasteiger partial charge on any atom is 0.0795 e. The van der Waals surface area contributed by atoms with E-state index in [0.717, 1.165) is 18.8 Å². The number of nitrogens with zero attached hydrogens (tertiary/aromatic N) is 2. The van der Waals surface area contributed by atoms with Gasteiger partial charge in [-0.2, -0.15) is 0 Å². The highest BCUT2D eigenvalue weighted by atomic mass is 32.1. The number of hydrogen-bond acceptors (Lipinski definition) is 4. The molecule has 0 saturated carbocycles. The zero-order valence-electron chi connectivity index (χ0n) is 10.8. The standard InChI is InChI=1S/C14H19N3S/c1-11-3-5-12(6-4-11)14(15)8-17(2)7-13-9-18-10-16-13/h3-6,9-10,14H,7-8,15H2,1-2H3. The molecule has 0 saturated heterocycles. The smallest absolute Gasteiger partial charge is 0.0795 e. The Balaban J connectivity index is 1.90. The number of benzene rings is 1. The van der Waals surface area contributed by atoms with E-state index < -0.39 is 0 Å². The molecule has 4 heteroatoms. The molecule has 1 aromatic carbocycles. The van der Waals surface area contributed by atoms with E-state index in [2.05, 4.69) is 53.5 Å². The molecule has 1 unspecified atom stereocenters. The number of rotatable bonds is 5. The molecule has 1 heterocycles. The molecular formula is C14H19N3S. The average Bonchev–Trinajstić information content (AvgIpc) is 2.82. The van der Waals surface area contributed by atoms with Crippen LogP contribution in [0.1, 0.15) is 22.9 Å². The first kappa shape index (κ1) is 13.2. The second kappa shape index (κ2) is 6.09. The summed E-state index contributed by atoms with van der Waals surface area (Å²) in [5, 5.41) is 2.08. The molecule has 0 bridgehead atoms. The number of nitrogens with two attached hydrogens (primary N) is 1. The molecule has 1 aromatic heterocycles. The number of aromatic nitrogens is 1. The monoisotopic (exact) mass is 261 g/mol. The van der Waals surface area contributed by atoms with Gasteiger partial charge in [-0.25, -0.2) is 4.98 Å². The molecule has 0 spiro atoms. The Morgan fingerprint density at radius 1 is 1.33 bits per heavy atom. The van der Waals surface area contributed by atoms with E-state index in [1.54, 1.807) is 11.3 Å². The maximum absolute atomic E-state index is 6.22. The van der Waals surface area contributed by atoms with E-state index in [4.69, 9.17) is 5.73 Å². The topological polar surface area (TPSA) is 42.1 Å². The van der Waals surface area contributed by atoms with E-state index in [1.807, 2.05) is 5.51 Å². The van der Waals surface area contributed by atoms with Crippen molar-refractivity contribution in [3.8, 4) is 0 Å². The van der Waals surface area contributed by atoms with Crippen molar-refractivity contribution in [2.45, 2.75) is 19.5 Å². The molecular weight excluding hydrogens is 242 g/mol. The van der Waals surface area contributed by atoms with Crippen molar-refractivity contribution in [1.82, 2.24) is 9.88 Å². The summed E-state index contributed by atoms with van der Waals surface area (Å²) in [5.74, 6) is 0. The van der Waals surface area contributed by atoms with Crippen LogP contribution in [0.2, 0.25) is 0 Å². The Morgan fingerprint density at radius 2 is 2.06 bits per heavy atom. The molecule has 2 aromatic rings. The molecule has 0 amide bonds. The van der Waals surface area contributed by atoms with Gasteiger partial charge in [0, 0.05) is 24.5 Å². The van der Waals surface area contributed by atoms with Crippen LogP contribution in [0.25, 0.3) is 0 Å². The van der Waals surface area contributed by atoms with Crippen LogP contribution in [0, 0.1) is 6.92 Å². The van der Waals surface area contributed by atoms with Crippen molar-refractivity contribution in [1.29, 1.82) is 0 Å². The highest BCUT2D eigenvalue weighted by Crippen LogP contribution is 2.13. The molecule has 0 radical (unpaired) electrons. The van der Waals surface area contributed by atoms with Gasteiger partial charge in [-0.3, -0.25) is 4.90 Å². The van der Waals surface area contributed by atoms with Crippen molar-refractivity contribution in [2.24, 2.45) is 5.73 Å². The Hall–Kier alpha value is -1.23. The minimum absolute atomic E-state index is 0.0502. The minimum atomic E-state index is 0.0502. The highest BCUT2D eigenvalue weighted by molar-refractivity contribution is 7.07. The Bertz CT molecular complexity index is 464. The lowest BCUT2D eigenvalue weighted by molar-refractivity contribution is 0.302. The Kier molecular flexibility index (Phi) is 4.47. The zero-order valence-corrected chi connectivity index (χ0v) is 11.7. The summed E-state index contributed by atoms with van der Waals surface area (Å²) in [6, 6.07) is 8.48. The van der Waals surface area contributed by atoms with Crippen LogP contribution in [0.15, 0.2) is 35.2 Å². The van der Waals surface area contributed by atoms with Gasteiger partial charge < -0.3 is 5.73 Å². The van der Waals surface area contributed by atoms with Crippen molar-refractivity contribution >= 4 is 11.3 Å². The van der Waals surface area contributed by atoms with Gasteiger partial charge in [0.05, 0.1) is 11.2 Å². The molecule has 1 atom stereocenters. The fraction of sp³-hybridized carbons (Fsp3) is 0.357. The first-order chi connectivity index (χ1) is 8.65. The van der Waals surface area contributed by atoms with E-state index in [-0.39, 0.29) is 6.04 Å². The minimum Gasteiger partial charge on any atom is -0.323 e. The maximum atomic E-state index is 6.22. The average molecular weight is 261 g/mol. The van der Waals surface area contributed by atoms with Crippen LogP contribution in [-0.4, -0.2) is 23.5 Å². The van der Waals surface area contributed by atoms with Gasteiger partial charge in [0.1, 0.15) is 0 Å². The summed E-state index contributed by atoms with van der Waals surface area (Å²) >= 11 is 1.63. The van der Waals surface area contributed by atoms with E-state index in [9.17, 15) is 0 Å². The predicted molar refractivity (Wildman–Crippen MR) is 76.6 cm³/mol. The van der Waals surface area contributed by atoms with Crippen LogP contribution in [-0.2, 0) is 6.54 Å². The number of thiazole rings is 1. The van der Waals surface area contributed by atoms with Crippen LogP contribution in [0.4, 0.5) is 0 Å². The third kappa shape index (κ3) is 3.63. The Morgan fingerprint density at radius 3 is 2.67 bits per heavy atom. The molecule has 2 rings (SSSR count). The summed E-state index contributed by atoms with van der Waals surface area (Å²) in [4.78, 5) is 6.49. The van der Waals surface area contributed by atoms with Crippen LogP contribution in [0.5, 0.6) is 0 Å². The lowest BCUT2D eigenvalue weighted by Crippen LogP contribution is -2.28. The third-order valence-electron chi connectivity index (χ3n) is 2.93. The third-order valence-corrected chi connectivity index (χ3v) is 3.56. The molecule has 2 N–H and O–H groups in total. The summed E-state index contributed by atoms with van der Waals surface area (Å²) in [6.07, 6.45) is 0. The zero-order chi connectivity index (χ0) is 13.0. The van der Waals surface area contributed by atoms with Crippen molar-refractivity contribution in [3.05, 3.63) is 52.0 Å². The van der Waals surface area contributed by atoms with Crippen molar-refractivity contribution in [2.75, 3.05) is 13.6 Å². The number of hydrogen-bond donors (Lipinski definition) is 1. The van der Waals surface area contributed by atoms with Crippen molar-refractivity contribution < 1.29 is 0 Å². The molecule has 3 nitrogen and oxygen atoms in total. The van der Waals surface area contributed by atoms with Crippen LogP contribution in [0.3, 0.4) is 0 Å². The lowest BCUT2D eigenvalue weighted by Gasteiger charge is -2.20. The summed E-state index contributed by atoms with van der Waals surface area (Å²) in [7, 11) is 2.08. The molecule has 96 valence electrons. The SMILES string of the molecule is Cc1ccc(C(N)CN(C)Cc2cscn2)cc1. The van der Waals surface area contributed by atoms with Crippen LogP contribution >= 0.6 is 11.3 Å². The van der Waals surface area contributed by atoms with E-state index in [1.165, 1.54) is 11.1 Å². The van der Waals surface area contributed by atoms with Crippen molar-refractivity contribution in [3.63, 3.8) is 0 Å². The van der Waals surface area contributed by atoms with E-state index in [0.29, 0.717) is 0 Å². The van der Waals surface area contributed by atoms with E-state index >= 15 is 0 Å². The lowest BCUT2D eigenvalue weighted by atomic mass is 10.1. The number of aryl methyl sites for hydroxylation is 1. The van der Waals surface area contributed by atoms with Gasteiger partial charge in [0.15, 0.2) is 0 Å². The van der Waals surface area contributed by atoms with Crippen LogP contribution < -0.4 is 5.73 Å². The first-order valence-electron chi connectivity index (χ1n) is 6.03. The highest BCUT2D eigenvalue weighted by Gasteiger charge is 2.10. The number of likely N-dealkylation sites (N-methyl/N-ethyl adjacent to an activating group) is 1. The quantitative estimate of drug-likeness (QED) is 0.899. The second-order valence-electron chi connectivity index (χ2n) is 4.69. The summed E-state index contributed by atoms with van der Waals surface area (Å²) in [5.41, 5.74) is 11.6. The Labute approximate surface area is 112 Å². The van der Waals surface area contributed by atoms with Gasteiger partial charge in [-0.1, -0.05) is 29.8 Å². The predicted octanol–water partition coefficient (Wildman–Crippen LogP) is 2.58. The molecule has 0 aliphatic rings. The first-order valence-corrected chi connectivity index (χ1v) is 6.97. The van der Waals surface area contributed by atoms with Gasteiger partial charge in [-0.15, -0.1) is 11.3 Å². The van der Waals surface area contributed by atoms with Gasteiger partial charge in [0.25, 0.3) is 0 Å². The second-order valence-corrected chi connectivity index (χ2v) is 5.41. The molecule has 0 fully saturated rings. The fourth-order valence-electron chi connectivity index (χ4n) is 1.91. The van der Waals surface area contributed by atoms with Gasteiger partial charge >= 0.3 is 0 Å². The summed E-state index contributed by atoms with van der Waals surface area (Å²) < 4.78 is 0.